The standard InChI is InChI=1S/C18H12N4O2/c23-16-8-13(18(24)15-9-20-10-21-17(15)16)7-12-1-3-14(4-2-12)22-6-5-19-11-22/h1-6,8-11H,7H2. The maximum Gasteiger partial charge on any atom is 0.205 e. The van der Waals surface area contributed by atoms with Crippen molar-refractivity contribution in [3.63, 3.8) is 0 Å². The van der Waals surface area contributed by atoms with E-state index in [1.807, 2.05) is 35.0 Å². The molecule has 0 atom stereocenters. The van der Waals surface area contributed by atoms with Crippen LogP contribution in [-0.4, -0.2) is 31.1 Å². The number of nitrogens with zero attached hydrogens (tertiary/aromatic N) is 4. The molecule has 1 aromatic carbocycles. The molecule has 0 fully saturated rings. The van der Waals surface area contributed by atoms with Crippen molar-refractivity contribution in [3.8, 4) is 5.69 Å². The molecule has 0 saturated heterocycles. The first-order chi connectivity index (χ1) is 11.7. The third-order valence-electron chi connectivity index (χ3n) is 3.92. The number of ketones is 2. The Morgan fingerprint density at radius 1 is 1.04 bits per heavy atom. The molecule has 0 spiro atoms. The summed E-state index contributed by atoms with van der Waals surface area (Å²) in [5.41, 5.74) is 2.84. The normalized spacial score (nSPS) is 13.6. The van der Waals surface area contributed by atoms with Crippen molar-refractivity contribution in [2.75, 3.05) is 0 Å². The van der Waals surface area contributed by atoms with Gasteiger partial charge in [0, 0.05) is 36.3 Å². The van der Waals surface area contributed by atoms with Gasteiger partial charge in [-0.15, -0.1) is 0 Å². The zero-order valence-electron chi connectivity index (χ0n) is 12.6. The van der Waals surface area contributed by atoms with Gasteiger partial charge < -0.3 is 4.57 Å². The van der Waals surface area contributed by atoms with Crippen molar-refractivity contribution in [2.45, 2.75) is 6.42 Å². The van der Waals surface area contributed by atoms with Gasteiger partial charge in [0.05, 0.1) is 11.9 Å². The van der Waals surface area contributed by atoms with E-state index in [0.717, 1.165) is 11.3 Å². The summed E-state index contributed by atoms with van der Waals surface area (Å²) in [5.74, 6) is -0.444. The topological polar surface area (TPSA) is 77.7 Å². The number of hydrogen-bond donors (Lipinski definition) is 0. The molecular weight excluding hydrogens is 304 g/mol. The monoisotopic (exact) mass is 316 g/mol. The molecular formula is C18H12N4O2. The summed E-state index contributed by atoms with van der Waals surface area (Å²) >= 11 is 0. The summed E-state index contributed by atoms with van der Waals surface area (Å²) in [4.78, 5) is 36.4. The fraction of sp³-hybridized carbons (Fsp3) is 0.0556. The summed E-state index contributed by atoms with van der Waals surface area (Å²) in [6.07, 6.45) is 9.74. The zero-order valence-corrected chi connectivity index (χ0v) is 12.6. The van der Waals surface area contributed by atoms with Crippen molar-refractivity contribution in [1.82, 2.24) is 19.5 Å². The summed E-state index contributed by atoms with van der Waals surface area (Å²) in [5, 5.41) is 0. The number of Topliss-reactive ketones (excluding diaryl/α,β-unsaturated/α-hetero) is 1. The van der Waals surface area contributed by atoms with Crippen molar-refractivity contribution >= 4 is 11.6 Å². The third kappa shape index (κ3) is 2.44. The molecule has 0 unspecified atom stereocenters. The van der Waals surface area contributed by atoms with Gasteiger partial charge in [-0.3, -0.25) is 9.59 Å². The minimum absolute atomic E-state index is 0.175. The van der Waals surface area contributed by atoms with Crippen LogP contribution in [0, 0.1) is 0 Å². The fourth-order valence-corrected chi connectivity index (χ4v) is 2.71. The van der Waals surface area contributed by atoms with Gasteiger partial charge in [0.15, 0.2) is 5.78 Å². The van der Waals surface area contributed by atoms with E-state index in [0.29, 0.717) is 12.0 Å². The lowest BCUT2D eigenvalue weighted by Crippen LogP contribution is -2.20. The molecule has 0 amide bonds. The largest absolute Gasteiger partial charge is 0.306 e. The first-order valence-electron chi connectivity index (χ1n) is 7.39. The lowest BCUT2D eigenvalue weighted by Gasteiger charge is -2.13. The van der Waals surface area contributed by atoms with Crippen molar-refractivity contribution < 1.29 is 9.59 Å². The Morgan fingerprint density at radius 2 is 1.88 bits per heavy atom. The maximum absolute atomic E-state index is 12.5. The van der Waals surface area contributed by atoms with E-state index in [2.05, 4.69) is 15.0 Å². The summed E-state index contributed by atoms with van der Waals surface area (Å²) < 4.78 is 1.89. The van der Waals surface area contributed by atoms with Crippen molar-refractivity contribution in [1.29, 1.82) is 0 Å². The highest BCUT2D eigenvalue weighted by Crippen LogP contribution is 2.22. The first-order valence-corrected chi connectivity index (χ1v) is 7.39. The number of rotatable bonds is 3. The highest BCUT2D eigenvalue weighted by Gasteiger charge is 2.26. The molecule has 24 heavy (non-hydrogen) atoms. The second-order valence-electron chi connectivity index (χ2n) is 5.46. The predicted octanol–water partition coefficient (Wildman–Crippen LogP) is 2.21. The molecule has 0 bridgehead atoms. The predicted molar refractivity (Wildman–Crippen MR) is 86.0 cm³/mol. The average Bonchev–Trinajstić information content (AvgIpc) is 3.15. The molecule has 4 rings (SSSR count). The van der Waals surface area contributed by atoms with Crippen LogP contribution in [0.5, 0.6) is 0 Å². The van der Waals surface area contributed by atoms with E-state index in [1.165, 1.54) is 18.6 Å². The van der Waals surface area contributed by atoms with E-state index in [-0.39, 0.29) is 22.8 Å². The molecule has 0 N–H and O–H groups in total. The van der Waals surface area contributed by atoms with Gasteiger partial charge in [0.1, 0.15) is 12.0 Å². The Bertz CT molecular complexity index is 957. The molecule has 0 saturated carbocycles. The fourth-order valence-electron chi connectivity index (χ4n) is 2.71. The highest BCUT2D eigenvalue weighted by molar-refractivity contribution is 6.23. The summed E-state index contributed by atoms with van der Waals surface area (Å²) in [6, 6.07) is 7.77. The van der Waals surface area contributed by atoms with E-state index in [9.17, 15) is 9.59 Å². The highest BCUT2D eigenvalue weighted by atomic mass is 16.1. The van der Waals surface area contributed by atoms with Gasteiger partial charge in [0.2, 0.25) is 5.78 Å². The third-order valence-corrected chi connectivity index (χ3v) is 3.92. The van der Waals surface area contributed by atoms with Crippen LogP contribution in [0.25, 0.3) is 5.69 Å². The number of imidazole rings is 1. The van der Waals surface area contributed by atoms with Crippen LogP contribution < -0.4 is 0 Å². The molecule has 2 heterocycles. The smallest absolute Gasteiger partial charge is 0.205 e. The Hall–Kier alpha value is -3.41. The molecule has 1 aliphatic rings. The van der Waals surface area contributed by atoms with Gasteiger partial charge in [-0.05, 0) is 23.8 Å². The number of fused-ring (bicyclic) bond motifs is 1. The van der Waals surface area contributed by atoms with Crippen LogP contribution in [0.1, 0.15) is 26.4 Å². The average molecular weight is 316 g/mol. The number of aromatic nitrogens is 4. The molecule has 6 nitrogen and oxygen atoms in total. The van der Waals surface area contributed by atoms with Gasteiger partial charge >= 0.3 is 0 Å². The molecule has 1 aliphatic carbocycles. The SMILES string of the molecule is O=C1C(Cc2ccc(-n3ccnc3)cc2)=CC(=O)c2ncncc21. The zero-order chi connectivity index (χ0) is 16.5. The molecule has 3 aromatic rings. The number of benzene rings is 1. The Labute approximate surface area is 137 Å². The minimum Gasteiger partial charge on any atom is -0.306 e. The van der Waals surface area contributed by atoms with Crippen LogP contribution >= 0.6 is 0 Å². The van der Waals surface area contributed by atoms with E-state index < -0.39 is 0 Å². The van der Waals surface area contributed by atoms with E-state index in [4.69, 9.17) is 0 Å². The summed E-state index contributed by atoms with van der Waals surface area (Å²) in [6.45, 7) is 0. The lowest BCUT2D eigenvalue weighted by molar-refractivity contribution is 0.0978. The van der Waals surface area contributed by atoms with Crippen LogP contribution in [0.3, 0.4) is 0 Å². The van der Waals surface area contributed by atoms with Crippen molar-refractivity contribution in [2.24, 2.45) is 0 Å². The van der Waals surface area contributed by atoms with Crippen molar-refractivity contribution in [3.05, 3.63) is 84.0 Å². The minimum atomic E-state index is -0.253. The second-order valence-corrected chi connectivity index (χ2v) is 5.46. The van der Waals surface area contributed by atoms with E-state index in [1.54, 1.807) is 12.5 Å². The lowest BCUT2D eigenvalue weighted by atomic mass is 9.90. The summed E-state index contributed by atoms with van der Waals surface area (Å²) in [7, 11) is 0. The van der Waals surface area contributed by atoms with Crippen LogP contribution in [0.2, 0.25) is 0 Å². The molecule has 116 valence electrons. The van der Waals surface area contributed by atoms with Gasteiger partial charge in [-0.25, -0.2) is 15.0 Å². The number of carbonyl (C=O) groups excluding carboxylic acids is 2. The van der Waals surface area contributed by atoms with Gasteiger partial charge in [-0.2, -0.15) is 0 Å². The molecule has 0 radical (unpaired) electrons. The Morgan fingerprint density at radius 3 is 2.62 bits per heavy atom. The molecule has 2 aromatic heterocycles. The van der Waals surface area contributed by atoms with Gasteiger partial charge in [-0.1, -0.05) is 12.1 Å². The van der Waals surface area contributed by atoms with Crippen LogP contribution in [-0.2, 0) is 6.42 Å². The van der Waals surface area contributed by atoms with E-state index >= 15 is 0 Å². The quantitative estimate of drug-likeness (QED) is 0.740. The Balaban J connectivity index is 1.60. The molecule has 0 aliphatic heterocycles. The van der Waals surface area contributed by atoms with Crippen LogP contribution in [0.4, 0.5) is 0 Å². The number of carbonyl (C=O) groups is 2. The van der Waals surface area contributed by atoms with Gasteiger partial charge in [0.25, 0.3) is 0 Å². The Kier molecular flexibility index (Phi) is 3.35. The molecule has 6 heteroatoms. The number of allylic oxidation sites excluding steroid dienone is 2. The number of hydrogen-bond acceptors (Lipinski definition) is 5. The van der Waals surface area contributed by atoms with Crippen LogP contribution in [0.15, 0.2) is 67.2 Å². The first kappa shape index (κ1) is 14.2. The second kappa shape index (κ2) is 5.66. The maximum atomic E-state index is 12.5.